The second kappa shape index (κ2) is 7.84. The monoisotopic (exact) mass is 368 g/mol. The number of nitrogens with one attached hydrogen (secondary N) is 2. The highest BCUT2D eigenvalue weighted by Gasteiger charge is 2.15. The van der Waals surface area contributed by atoms with E-state index in [1.807, 2.05) is 18.2 Å². The normalized spacial score (nSPS) is 10.4. The highest BCUT2D eigenvalue weighted by Crippen LogP contribution is 2.12. The summed E-state index contributed by atoms with van der Waals surface area (Å²) in [6, 6.07) is 17.6. The van der Waals surface area contributed by atoms with E-state index in [0.29, 0.717) is 22.9 Å². The number of amides is 2. The van der Waals surface area contributed by atoms with Gasteiger partial charge in [0.2, 0.25) is 0 Å². The van der Waals surface area contributed by atoms with Gasteiger partial charge in [-0.1, -0.05) is 41.9 Å². The van der Waals surface area contributed by atoms with Crippen LogP contribution >= 0.6 is 11.6 Å². The van der Waals surface area contributed by atoms with Crippen LogP contribution < -0.4 is 10.6 Å². The van der Waals surface area contributed by atoms with E-state index in [-0.39, 0.29) is 17.5 Å². The minimum Gasteiger partial charge on any atom is -0.347 e. The lowest BCUT2D eigenvalue weighted by atomic mass is 10.2. The Morgan fingerprint density at radius 1 is 1.04 bits per heavy atom. The largest absolute Gasteiger partial charge is 0.347 e. The molecular weight excluding hydrogens is 352 g/mol. The highest BCUT2D eigenvalue weighted by atomic mass is 35.5. The van der Waals surface area contributed by atoms with Crippen molar-refractivity contribution in [3.63, 3.8) is 0 Å². The molecule has 0 bridgehead atoms. The Morgan fingerprint density at radius 3 is 2.42 bits per heavy atom. The maximum atomic E-state index is 12.3. The molecule has 0 atom stereocenters. The summed E-state index contributed by atoms with van der Waals surface area (Å²) in [5.41, 5.74) is 1.68. The minimum atomic E-state index is -0.323. The van der Waals surface area contributed by atoms with Crippen molar-refractivity contribution in [3.05, 3.63) is 82.5 Å². The smallest absolute Gasteiger partial charge is 0.272 e. The van der Waals surface area contributed by atoms with E-state index in [9.17, 15) is 9.59 Å². The van der Waals surface area contributed by atoms with Crippen molar-refractivity contribution in [3.8, 4) is 0 Å². The molecule has 0 aliphatic heterocycles. The third-order valence-electron chi connectivity index (χ3n) is 3.76. The number of rotatable bonds is 5. The fraction of sp³-hybridized carbons (Fsp3) is 0.105. The van der Waals surface area contributed by atoms with Crippen LogP contribution in [0, 0.1) is 0 Å². The van der Waals surface area contributed by atoms with Gasteiger partial charge in [0.05, 0.1) is 0 Å². The summed E-state index contributed by atoms with van der Waals surface area (Å²) >= 11 is 5.84. The van der Waals surface area contributed by atoms with Crippen molar-refractivity contribution in [1.29, 1.82) is 0 Å². The summed E-state index contributed by atoms with van der Waals surface area (Å²) in [7, 11) is 1.66. The van der Waals surface area contributed by atoms with Crippen molar-refractivity contribution in [2.75, 3.05) is 5.32 Å². The molecule has 7 heteroatoms. The lowest BCUT2D eigenvalue weighted by Gasteiger charge is -2.04. The van der Waals surface area contributed by atoms with E-state index in [1.165, 1.54) is 10.7 Å². The van der Waals surface area contributed by atoms with Crippen LogP contribution in [0.25, 0.3) is 0 Å². The Bertz CT molecular complexity index is 920. The van der Waals surface area contributed by atoms with Gasteiger partial charge in [0.25, 0.3) is 11.8 Å². The van der Waals surface area contributed by atoms with Crippen LogP contribution in [-0.2, 0) is 13.6 Å². The zero-order valence-electron chi connectivity index (χ0n) is 14.1. The van der Waals surface area contributed by atoms with Gasteiger partial charge in [-0.2, -0.15) is 5.10 Å². The summed E-state index contributed by atoms with van der Waals surface area (Å²) in [6.07, 6.45) is 0. The Labute approximate surface area is 155 Å². The van der Waals surface area contributed by atoms with Crippen molar-refractivity contribution >= 4 is 29.2 Å². The molecule has 3 rings (SSSR count). The molecular formula is C19H17ClN4O2. The molecule has 6 nitrogen and oxygen atoms in total. The van der Waals surface area contributed by atoms with E-state index in [4.69, 9.17) is 11.6 Å². The first-order valence-electron chi connectivity index (χ1n) is 7.96. The van der Waals surface area contributed by atoms with Crippen LogP contribution in [0.5, 0.6) is 0 Å². The zero-order chi connectivity index (χ0) is 18.5. The van der Waals surface area contributed by atoms with Crippen LogP contribution in [0.1, 0.15) is 26.4 Å². The Balaban J connectivity index is 1.64. The number of carbonyl (C=O) groups excluding carboxylic acids is 2. The van der Waals surface area contributed by atoms with Crippen molar-refractivity contribution in [1.82, 2.24) is 15.1 Å². The second-order valence-corrected chi connectivity index (χ2v) is 6.10. The van der Waals surface area contributed by atoms with Gasteiger partial charge in [-0.05, 0) is 29.8 Å². The van der Waals surface area contributed by atoms with E-state index < -0.39 is 0 Å². The number of halogens is 1. The number of benzene rings is 2. The van der Waals surface area contributed by atoms with Crippen LogP contribution in [0.2, 0.25) is 5.02 Å². The molecule has 1 aromatic heterocycles. The summed E-state index contributed by atoms with van der Waals surface area (Å²) in [5.74, 6) is -0.145. The van der Waals surface area contributed by atoms with Gasteiger partial charge < -0.3 is 10.6 Å². The summed E-state index contributed by atoms with van der Waals surface area (Å²) < 4.78 is 1.46. The van der Waals surface area contributed by atoms with Crippen LogP contribution in [0.3, 0.4) is 0 Å². The van der Waals surface area contributed by atoms with Gasteiger partial charge in [0.15, 0.2) is 5.69 Å². The number of anilines is 1. The Morgan fingerprint density at radius 2 is 1.73 bits per heavy atom. The molecule has 0 aliphatic rings. The molecule has 3 aromatic rings. The zero-order valence-corrected chi connectivity index (χ0v) is 14.8. The van der Waals surface area contributed by atoms with Crippen LogP contribution in [-0.4, -0.2) is 21.6 Å². The number of hydrogen-bond acceptors (Lipinski definition) is 3. The molecule has 0 unspecified atom stereocenters. The van der Waals surface area contributed by atoms with Crippen molar-refractivity contribution in [2.24, 2.45) is 7.05 Å². The van der Waals surface area contributed by atoms with Gasteiger partial charge in [-0.15, -0.1) is 0 Å². The molecule has 132 valence electrons. The average Bonchev–Trinajstić information content (AvgIpc) is 3.02. The van der Waals surface area contributed by atoms with Gasteiger partial charge >= 0.3 is 0 Å². The van der Waals surface area contributed by atoms with E-state index in [0.717, 1.165) is 5.56 Å². The predicted octanol–water partition coefficient (Wildman–Crippen LogP) is 3.26. The summed E-state index contributed by atoms with van der Waals surface area (Å²) in [6.45, 7) is 0.359. The molecule has 0 spiro atoms. The lowest BCUT2D eigenvalue weighted by Crippen LogP contribution is -2.23. The molecule has 0 saturated heterocycles. The van der Waals surface area contributed by atoms with Gasteiger partial charge in [-0.3, -0.25) is 14.3 Å². The molecule has 0 aliphatic carbocycles. The third-order valence-corrected chi connectivity index (χ3v) is 4.01. The first-order valence-corrected chi connectivity index (χ1v) is 8.34. The fourth-order valence-corrected chi connectivity index (χ4v) is 2.47. The molecule has 2 N–H and O–H groups in total. The fourth-order valence-electron chi connectivity index (χ4n) is 2.35. The molecule has 26 heavy (non-hydrogen) atoms. The quantitative estimate of drug-likeness (QED) is 0.725. The van der Waals surface area contributed by atoms with E-state index >= 15 is 0 Å². The number of hydrogen-bond donors (Lipinski definition) is 2. The van der Waals surface area contributed by atoms with Crippen molar-refractivity contribution in [2.45, 2.75) is 6.54 Å². The summed E-state index contributed by atoms with van der Waals surface area (Å²) in [5, 5.41) is 10.3. The Kier molecular flexibility index (Phi) is 5.34. The highest BCUT2D eigenvalue weighted by molar-refractivity contribution is 6.30. The predicted molar refractivity (Wildman–Crippen MR) is 100 cm³/mol. The van der Waals surface area contributed by atoms with E-state index in [2.05, 4.69) is 15.7 Å². The molecule has 0 radical (unpaired) electrons. The maximum absolute atomic E-state index is 12.3. The van der Waals surface area contributed by atoms with Gasteiger partial charge in [0, 0.05) is 30.2 Å². The molecule has 0 fully saturated rings. The second-order valence-electron chi connectivity index (χ2n) is 5.67. The first-order chi connectivity index (χ1) is 12.5. The van der Waals surface area contributed by atoms with Gasteiger partial charge in [-0.25, -0.2) is 0 Å². The van der Waals surface area contributed by atoms with Gasteiger partial charge in [0.1, 0.15) is 5.82 Å². The molecule has 0 saturated carbocycles. The average molecular weight is 369 g/mol. The van der Waals surface area contributed by atoms with Crippen LogP contribution in [0.15, 0.2) is 60.7 Å². The number of aryl methyl sites for hydroxylation is 1. The maximum Gasteiger partial charge on any atom is 0.272 e. The number of carbonyl (C=O) groups is 2. The van der Waals surface area contributed by atoms with Crippen LogP contribution in [0.4, 0.5) is 5.82 Å². The van der Waals surface area contributed by atoms with Crippen molar-refractivity contribution < 1.29 is 9.59 Å². The third kappa shape index (κ3) is 4.29. The standard InChI is InChI=1S/C19H17ClN4O2/c1-24-17(22-18(25)14-5-3-2-4-6-14)11-16(23-24)19(26)21-12-13-7-9-15(20)10-8-13/h2-11H,12H2,1H3,(H,21,26)(H,22,25). The molecule has 2 amide bonds. The SMILES string of the molecule is Cn1nc(C(=O)NCc2ccc(Cl)cc2)cc1NC(=O)c1ccccc1. The molecule has 1 heterocycles. The topological polar surface area (TPSA) is 76.0 Å². The lowest BCUT2D eigenvalue weighted by molar-refractivity contribution is 0.0944. The first kappa shape index (κ1) is 17.7. The van der Waals surface area contributed by atoms with E-state index in [1.54, 1.807) is 43.4 Å². The number of nitrogens with zero attached hydrogens (tertiary/aromatic N) is 2. The molecule has 2 aromatic carbocycles. The number of aromatic nitrogens is 2. The summed E-state index contributed by atoms with van der Waals surface area (Å²) in [4.78, 5) is 24.5. The minimum absolute atomic E-state index is 0.227. The Hall–Kier alpha value is -3.12.